The Kier molecular flexibility index (Phi) is 13.4. The molecule has 0 spiro atoms. The summed E-state index contributed by atoms with van der Waals surface area (Å²) in [5.74, 6) is 0. The Hall–Kier alpha value is -0.720. The zero-order chi connectivity index (χ0) is 8.41. The number of allylic oxidation sites excluding steroid dienone is 2. The molecule has 0 rings (SSSR count). The maximum atomic E-state index is 3.75. The molecule has 0 atom stereocenters. The van der Waals surface area contributed by atoms with E-state index in [1.54, 1.807) is 0 Å². The molecule has 0 aliphatic rings. The van der Waals surface area contributed by atoms with Crippen LogP contribution in [0.5, 0.6) is 0 Å². The highest BCUT2D eigenvalue weighted by Crippen LogP contribution is 1.88. The van der Waals surface area contributed by atoms with E-state index in [1.165, 1.54) is 0 Å². The molecule has 0 aliphatic carbocycles. The molecule has 1 nitrogen and oxygen atoms in total. The lowest BCUT2D eigenvalue weighted by molar-refractivity contribution is 0.951. The SMILES string of the molecule is C=C(CC)N/C=C\C.CC. The quantitative estimate of drug-likeness (QED) is 0.637. The Balaban J connectivity index is 0. The van der Waals surface area contributed by atoms with Crippen molar-refractivity contribution in [3.05, 3.63) is 24.6 Å². The van der Waals surface area contributed by atoms with E-state index >= 15 is 0 Å². The van der Waals surface area contributed by atoms with Gasteiger partial charge in [0.1, 0.15) is 0 Å². The van der Waals surface area contributed by atoms with Gasteiger partial charge in [-0.05, 0) is 19.5 Å². The second-order valence-electron chi connectivity index (χ2n) is 1.60. The predicted octanol–water partition coefficient (Wildman–Crippen LogP) is 3.06. The van der Waals surface area contributed by atoms with Crippen LogP contribution in [0.2, 0.25) is 0 Å². The van der Waals surface area contributed by atoms with E-state index < -0.39 is 0 Å². The van der Waals surface area contributed by atoms with E-state index in [4.69, 9.17) is 0 Å². The molecule has 0 amide bonds. The summed E-state index contributed by atoms with van der Waals surface area (Å²) in [7, 11) is 0. The van der Waals surface area contributed by atoms with Gasteiger partial charge in [-0.1, -0.05) is 33.4 Å². The monoisotopic (exact) mass is 141 g/mol. The van der Waals surface area contributed by atoms with Crippen LogP contribution in [-0.2, 0) is 0 Å². The predicted molar refractivity (Wildman–Crippen MR) is 48.7 cm³/mol. The molecule has 60 valence electrons. The fourth-order valence-electron chi connectivity index (χ4n) is 0.303. The van der Waals surface area contributed by atoms with Crippen LogP contribution in [0.1, 0.15) is 34.1 Å². The van der Waals surface area contributed by atoms with Gasteiger partial charge in [0.05, 0.1) is 0 Å². The van der Waals surface area contributed by atoms with Crippen molar-refractivity contribution in [1.82, 2.24) is 5.32 Å². The van der Waals surface area contributed by atoms with E-state index in [1.807, 2.05) is 33.0 Å². The van der Waals surface area contributed by atoms with Crippen molar-refractivity contribution in [3.63, 3.8) is 0 Å². The fourth-order valence-corrected chi connectivity index (χ4v) is 0.303. The maximum absolute atomic E-state index is 3.75. The summed E-state index contributed by atoms with van der Waals surface area (Å²) in [6.45, 7) is 11.8. The van der Waals surface area contributed by atoms with E-state index in [9.17, 15) is 0 Å². The van der Waals surface area contributed by atoms with E-state index in [0.717, 1.165) is 12.1 Å². The molecule has 0 aromatic carbocycles. The zero-order valence-electron chi connectivity index (χ0n) is 7.57. The minimum absolute atomic E-state index is 0.990. The van der Waals surface area contributed by atoms with Crippen molar-refractivity contribution in [3.8, 4) is 0 Å². The van der Waals surface area contributed by atoms with Gasteiger partial charge in [0.2, 0.25) is 0 Å². The van der Waals surface area contributed by atoms with Crippen LogP contribution in [-0.4, -0.2) is 0 Å². The van der Waals surface area contributed by atoms with Crippen LogP contribution in [0.3, 0.4) is 0 Å². The van der Waals surface area contributed by atoms with E-state index in [0.29, 0.717) is 0 Å². The minimum Gasteiger partial charge on any atom is -0.366 e. The summed E-state index contributed by atoms with van der Waals surface area (Å²) < 4.78 is 0. The average molecular weight is 141 g/mol. The number of hydrogen-bond donors (Lipinski definition) is 1. The third kappa shape index (κ3) is 10.3. The van der Waals surface area contributed by atoms with Gasteiger partial charge >= 0.3 is 0 Å². The van der Waals surface area contributed by atoms with Crippen LogP contribution in [0.15, 0.2) is 24.6 Å². The molecule has 0 aromatic heterocycles. The summed E-state index contributed by atoms with van der Waals surface area (Å²) in [4.78, 5) is 0. The van der Waals surface area contributed by atoms with Crippen LogP contribution < -0.4 is 5.32 Å². The van der Waals surface area contributed by atoms with Gasteiger partial charge in [-0.3, -0.25) is 0 Å². The second kappa shape index (κ2) is 11.1. The van der Waals surface area contributed by atoms with Crippen LogP contribution >= 0.6 is 0 Å². The van der Waals surface area contributed by atoms with E-state index in [2.05, 4.69) is 18.8 Å². The van der Waals surface area contributed by atoms with Gasteiger partial charge in [-0.2, -0.15) is 0 Å². The standard InChI is InChI=1S/C7H13N.C2H6/c1-4-6-8-7(3)5-2;1-2/h4,6,8H,3,5H2,1-2H3;1-2H3/b6-4-;. The van der Waals surface area contributed by atoms with Gasteiger partial charge < -0.3 is 5.32 Å². The molecule has 0 aliphatic heterocycles. The lowest BCUT2D eigenvalue weighted by atomic mass is 10.4. The summed E-state index contributed by atoms with van der Waals surface area (Å²) >= 11 is 0. The Bertz CT molecular complexity index is 92.9. The molecule has 0 saturated heterocycles. The molecule has 1 heteroatoms. The molecule has 10 heavy (non-hydrogen) atoms. The lowest BCUT2D eigenvalue weighted by Gasteiger charge is -1.97. The van der Waals surface area contributed by atoms with Crippen molar-refractivity contribution in [2.75, 3.05) is 0 Å². The first-order chi connectivity index (χ1) is 4.81. The Morgan fingerprint density at radius 3 is 2.30 bits per heavy atom. The first kappa shape index (κ1) is 12.0. The molecule has 0 saturated carbocycles. The van der Waals surface area contributed by atoms with Crippen molar-refractivity contribution >= 4 is 0 Å². The fraction of sp³-hybridized carbons (Fsp3) is 0.556. The number of nitrogens with one attached hydrogen (secondary N) is 1. The van der Waals surface area contributed by atoms with Crippen LogP contribution in [0, 0.1) is 0 Å². The Labute approximate surface area is 64.8 Å². The van der Waals surface area contributed by atoms with Gasteiger partial charge in [-0.25, -0.2) is 0 Å². The Morgan fingerprint density at radius 2 is 2.00 bits per heavy atom. The summed E-state index contributed by atoms with van der Waals surface area (Å²) in [5.41, 5.74) is 1.06. The van der Waals surface area contributed by atoms with Gasteiger partial charge in [-0.15, -0.1) is 0 Å². The van der Waals surface area contributed by atoms with E-state index in [-0.39, 0.29) is 0 Å². The second-order valence-corrected chi connectivity index (χ2v) is 1.60. The molecule has 0 unspecified atom stereocenters. The van der Waals surface area contributed by atoms with Crippen molar-refractivity contribution < 1.29 is 0 Å². The molecule has 0 radical (unpaired) electrons. The number of rotatable bonds is 3. The summed E-state index contributed by atoms with van der Waals surface area (Å²) in [6, 6.07) is 0. The van der Waals surface area contributed by atoms with Crippen LogP contribution in [0.4, 0.5) is 0 Å². The van der Waals surface area contributed by atoms with Crippen molar-refractivity contribution in [2.45, 2.75) is 34.1 Å². The zero-order valence-corrected chi connectivity index (χ0v) is 7.57. The highest BCUT2D eigenvalue weighted by atomic mass is 14.8. The third-order valence-electron chi connectivity index (χ3n) is 0.881. The molecule has 0 aromatic rings. The third-order valence-corrected chi connectivity index (χ3v) is 0.881. The van der Waals surface area contributed by atoms with Gasteiger partial charge in [0, 0.05) is 5.70 Å². The summed E-state index contributed by atoms with van der Waals surface area (Å²) in [5, 5.41) is 3.01. The van der Waals surface area contributed by atoms with Crippen molar-refractivity contribution in [1.29, 1.82) is 0 Å². The van der Waals surface area contributed by atoms with Crippen LogP contribution in [0.25, 0.3) is 0 Å². The molecule has 1 N–H and O–H groups in total. The molecule has 0 heterocycles. The highest BCUT2D eigenvalue weighted by Gasteiger charge is 1.78. The molecular weight excluding hydrogens is 122 g/mol. The first-order valence-electron chi connectivity index (χ1n) is 3.86. The lowest BCUT2D eigenvalue weighted by Crippen LogP contribution is -2.00. The minimum atomic E-state index is 0.990. The smallest absolute Gasteiger partial charge is 0.00705 e. The summed E-state index contributed by atoms with van der Waals surface area (Å²) in [6.07, 6.45) is 4.82. The van der Waals surface area contributed by atoms with Crippen molar-refractivity contribution in [2.24, 2.45) is 0 Å². The highest BCUT2D eigenvalue weighted by molar-refractivity contribution is 4.95. The normalized spacial score (nSPS) is 8.40. The molecule has 0 fully saturated rings. The number of hydrogen-bond acceptors (Lipinski definition) is 1. The average Bonchev–Trinajstić information content (AvgIpc) is 2.04. The van der Waals surface area contributed by atoms with Gasteiger partial charge in [0.15, 0.2) is 0 Å². The largest absolute Gasteiger partial charge is 0.366 e. The van der Waals surface area contributed by atoms with Gasteiger partial charge in [0.25, 0.3) is 0 Å². The Morgan fingerprint density at radius 1 is 1.50 bits per heavy atom. The molecular formula is C9H19N. The molecule has 0 bridgehead atoms. The maximum Gasteiger partial charge on any atom is 0.00705 e. The topological polar surface area (TPSA) is 12.0 Å². The first-order valence-corrected chi connectivity index (χ1v) is 3.86.